The normalized spacial score (nSPS) is 12.3. The molecule has 28 heavy (non-hydrogen) atoms. The summed E-state index contributed by atoms with van der Waals surface area (Å²) in [5.74, 6) is 2.14. The lowest BCUT2D eigenvalue weighted by atomic mass is 10.1. The minimum Gasteiger partial charge on any atom is -0.459 e. The fourth-order valence-electron chi connectivity index (χ4n) is 3.29. The molecule has 3 heterocycles. The number of nitrogens with one attached hydrogen (secondary N) is 2. The van der Waals surface area contributed by atoms with Gasteiger partial charge in [-0.3, -0.25) is 4.79 Å². The Kier molecular flexibility index (Phi) is 4.47. The Morgan fingerprint density at radius 2 is 1.86 bits per heavy atom. The summed E-state index contributed by atoms with van der Waals surface area (Å²) in [7, 11) is 0. The van der Waals surface area contributed by atoms with Gasteiger partial charge in [-0.15, -0.1) is 0 Å². The van der Waals surface area contributed by atoms with Gasteiger partial charge < -0.3 is 14.7 Å². The molecule has 2 N–H and O–H groups in total. The molecule has 4 rings (SSSR count). The second-order valence-corrected chi connectivity index (χ2v) is 7.01. The van der Waals surface area contributed by atoms with Gasteiger partial charge in [0.05, 0.1) is 6.04 Å². The van der Waals surface area contributed by atoms with Crippen LogP contribution >= 0.6 is 0 Å². The Morgan fingerprint density at radius 1 is 1.07 bits per heavy atom. The predicted molar refractivity (Wildman–Crippen MR) is 111 cm³/mol. The van der Waals surface area contributed by atoms with E-state index in [1.807, 2.05) is 44.2 Å². The molecule has 0 saturated carbocycles. The third kappa shape index (κ3) is 3.17. The van der Waals surface area contributed by atoms with Crippen molar-refractivity contribution >= 4 is 16.8 Å². The fraction of sp³-hybridized carbons (Fsp3) is 0.227. The molecular weight excluding hydrogens is 352 g/mol. The zero-order valence-corrected chi connectivity index (χ0v) is 16.3. The van der Waals surface area contributed by atoms with E-state index in [2.05, 4.69) is 33.3 Å². The molecule has 1 unspecified atom stereocenters. The van der Waals surface area contributed by atoms with Gasteiger partial charge in [0.25, 0.3) is 5.56 Å². The minimum absolute atomic E-state index is 0.0368. The van der Waals surface area contributed by atoms with Crippen LogP contribution in [0.5, 0.6) is 0 Å². The standard InChI is InChI=1S/C22H22N4O2/c1-12-14(3)25-21(26-22(12)27)16-9-10-19(23-11-16)24-15(4)20-13(2)17-7-5-6-8-18(17)28-20/h5-11,15H,1-4H3,(H,23,24)(H,25,26,27). The van der Waals surface area contributed by atoms with Crippen molar-refractivity contribution < 1.29 is 4.42 Å². The number of hydrogen-bond acceptors (Lipinski definition) is 5. The zero-order chi connectivity index (χ0) is 19.8. The lowest BCUT2D eigenvalue weighted by Gasteiger charge is -2.13. The first-order valence-electron chi connectivity index (χ1n) is 9.22. The van der Waals surface area contributed by atoms with Crippen LogP contribution in [-0.2, 0) is 0 Å². The largest absolute Gasteiger partial charge is 0.459 e. The number of nitrogens with zero attached hydrogens (tertiary/aromatic N) is 2. The SMILES string of the molecule is Cc1nc(-c2ccc(NC(C)c3oc4ccccc4c3C)nc2)[nH]c(=O)c1C. The lowest BCUT2D eigenvalue weighted by Crippen LogP contribution is -2.14. The van der Waals surface area contributed by atoms with E-state index in [-0.39, 0.29) is 11.6 Å². The van der Waals surface area contributed by atoms with Gasteiger partial charge in [0, 0.05) is 34.0 Å². The number of H-pyrrole nitrogens is 1. The van der Waals surface area contributed by atoms with Gasteiger partial charge in [-0.2, -0.15) is 0 Å². The second-order valence-electron chi connectivity index (χ2n) is 7.01. The molecule has 6 heteroatoms. The topological polar surface area (TPSA) is 83.8 Å². The quantitative estimate of drug-likeness (QED) is 0.542. The number of anilines is 1. The molecule has 1 aromatic carbocycles. The lowest BCUT2D eigenvalue weighted by molar-refractivity contribution is 0.521. The van der Waals surface area contributed by atoms with Crippen LogP contribution in [0.15, 0.2) is 51.8 Å². The van der Waals surface area contributed by atoms with Crippen LogP contribution in [0.25, 0.3) is 22.4 Å². The number of hydrogen-bond donors (Lipinski definition) is 2. The minimum atomic E-state index is -0.126. The van der Waals surface area contributed by atoms with E-state index in [1.165, 1.54) is 0 Å². The number of aryl methyl sites for hydroxylation is 2. The van der Waals surface area contributed by atoms with Gasteiger partial charge in [-0.05, 0) is 45.9 Å². The monoisotopic (exact) mass is 374 g/mol. The number of para-hydroxylation sites is 1. The molecule has 0 spiro atoms. The maximum Gasteiger partial charge on any atom is 0.254 e. The van der Waals surface area contributed by atoms with Crippen LogP contribution in [0, 0.1) is 20.8 Å². The molecule has 142 valence electrons. The van der Waals surface area contributed by atoms with Crippen molar-refractivity contribution in [3.63, 3.8) is 0 Å². The van der Waals surface area contributed by atoms with Crippen LogP contribution in [0.1, 0.15) is 35.5 Å². The van der Waals surface area contributed by atoms with Gasteiger partial charge in [-0.1, -0.05) is 18.2 Å². The molecule has 0 aliphatic rings. The van der Waals surface area contributed by atoms with Crippen molar-refractivity contribution in [3.8, 4) is 11.4 Å². The third-order valence-electron chi connectivity index (χ3n) is 5.07. The Morgan fingerprint density at radius 3 is 2.54 bits per heavy atom. The number of benzene rings is 1. The first-order chi connectivity index (χ1) is 13.4. The van der Waals surface area contributed by atoms with Crippen molar-refractivity contribution in [2.24, 2.45) is 0 Å². The Hall–Kier alpha value is -3.41. The first-order valence-corrected chi connectivity index (χ1v) is 9.22. The van der Waals surface area contributed by atoms with E-state index in [1.54, 1.807) is 13.1 Å². The summed E-state index contributed by atoms with van der Waals surface area (Å²) in [6.45, 7) is 7.70. The van der Waals surface area contributed by atoms with Gasteiger partial charge in [0.15, 0.2) is 0 Å². The molecule has 0 saturated heterocycles. The molecule has 0 bridgehead atoms. The number of furan rings is 1. The number of aromatic amines is 1. The van der Waals surface area contributed by atoms with Gasteiger partial charge in [0.1, 0.15) is 23.0 Å². The number of rotatable bonds is 4. The highest BCUT2D eigenvalue weighted by Crippen LogP contribution is 2.30. The van der Waals surface area contributed by atoms with Gasteiger partial charge >= 0.3 is 0 Å². The molecule has 0 aliphatic carbocycles. The first kappa shape index (κ1) is 18.0. The fourth-order valence-corrected chi connectivity index (χ4v) is 3.29. The molecular formula is C22H22N4O2. The summed E-state index contributed by atoms with van der Waals surface area (Å²) in [5.41, 5.74) is 4.00. The van der Waals surface area contributed by atoms with Crippen molar-refractivity contribution in [2.75, 3.05) is 5.32 Å². The van der Waals surface area contributed by atoms with Crippen molar-refractivity contribution in [3.05, 3.63) is 75.5 Å². The van der Waals surface area contributed by atoms with E-state index >= 15 is 0 Å². The van der Waals surface area contributed by atoms with Crippen LogP contribution in [0.4, 0.5) is 5.82 Å². The van der Waals surface area contributed by atoms with Crippen LogP contribution in [-0.4, -0.2) is 15.0 Å². The molecule has 3 aromatic heterocycles. The Balaban J connectivity index is 1.57. The highest BCUT2D eigenvalue weighted by atomic mass is 16.3. The van der Waals surface area contributed by atoms with E-state index in [4.69, 9.17) is 4.42 Å². The highest BCUT2D eigenvalue weighted by molar-refractivity contribution is 5.82. The third-order valence-corrected chi connectivity index (χ3v) is 5.07. The average Bonchev–Trinajstić information content (AvgIpc) is 3.03. The van der Waals surface area contributed by atoms with Gasteiger partial charge in [0.2, 0.25) is 0 Å². The van der Waals surface area contributed by atoms with Crippen LogP contribution in [0.3, 0.4) is 0 Å². The Bertz CT molecular complexity index is 1210. The predicted octanol–water partition coefficient (Wildman–Crippen LogP) is 4.68. The summed E-state index contributed by atoms with van der Waals surface area (Å²) >= 11 is 0. The second kappa shape index (κ2) is 6.96. The van der Waals surface area contributed by atoms with E-state index in [0.29, 0.717) is 11.4 Å². The number of fused-ring (bicyclic) bond motifs is 1. The van der Waals surface area contributed by atoms with Crippen molar-refractivity contribution in [2.45, 2.75) is 33.7 Å². The smallest absolute Gasteiger partial charge is 0.254 e. The maximum absolute atomic E-state index is 12.0. The number of pyridine rings is 1. The Labute approximate surface area is 162 Å². The summed E-state index contributed by atoms with van der Waals surface area (Å²) in [6, 6.07) is 11.7. The summed E-state index contributed by atoms with van der Waals surface area (Å²) in [5, 5.41) is 4.50. The van der Waals surface area contributed by atoms with Crippen molar-refractivity contribution in [1.29, 1.82) is 0 Å². The summed E-state index contributed by atoms with van der Waals surface area (Å²) in [6.07, 6.45) is 1.70. The van der Waals surface area contributed by atoms with Crippen molar-refractivity contribution in [1.82, 2.24) is 15.0 Å². The average molecular weight is 374 g/mol. The molecule has 0 amide bonds. The summed E-state index contributed by atoms with van der Waals surface area (Å²) < 4.78 is 6.02. The summed E-state index contributed by atoms with van der Waals surface area (Å²) in [4.78, 5) is 23.7. The molecule has 1 atom stereocenters. The zero-order valence-electron chi connectivity index (χ0n) is 16.3. The molecule has 0 aliphatic heterocycles. The van der Waals surface area contributed by atoms with Crippen LogP contribution < -0.4 is 10.9 Å². The van der Waals surface area contributed by atoms with E-state index in [0.717, 1.165) is 39.4 Å². The van der Waals surface area contributed by atoms with E-state index < -0.39 is 0 Å². The maximum atomic E-state index is 12.0. The van der Waals surface area contributed by atoms with E-state index in [9.17, 15) is 4.79 Å². The molecule has 0 radical (unpaired) electrons. The molecule has 6 nitrogen and oxygen atoms in total. The van der Waals surface area contributed by atoms with Crippen LogP contribution in [0.2, 0.25) is 0 Å². The van der Waals surface area contributed by atoms with Gasteiger partial charge in [-0.25, -0.2) is 9.97 Å². The number of aromatic nitrogens is 3. The highest BCUT2D eigenvalue weighted by Gasteiger charge is 2.17. The molecule has 0 fully saturated rings. The molecule has 4 aromatic rings.